The highest BCUT2D eigenvalue weighted by molar-refractivity contribution is 5.91. The summed E-state index contributed by atoms with van der Waals surface area (Å²) in [5.41, 5.74) is 4.16. The zero-order chi connectivity index (χ0) is 17.2. The molecule has 4 heteroatoms. The molecule has 0 atom stereocenters. The summed E-state index contributed by atoms with van der Waals surface area (Å²) in [6.45, 7) is 1.92. The number of hydrogen-bond acceptors (Lipinski definition) is 4. The monoisotopic (exact) mass is 334 g/mol. The van der Waals surface area contributed by atoms with Gasteiger partial charge in [-0.1, -0.05) is 24.3 Å². The third-order valence-electron chi connectivity index (χ3n) is 4.73. The fourth-order valence-corrected chi connectivity index (χ4v) is 3.30. The van der Waals surface area contributed by atoms with Crippen LogP contribution in [0.2, 0.25) is 0 Å². The molecule has 0 aliphatic carbocycles. The van der Waals surface area contributed by atoms with Crippen LogP contribution in [0.5, 0.6) is 0 Å². The lowest BCUT2D eigenvalue weighted by Gasteiger charge is -2.21. The summed E-state index contributed by atoms with van der Waals surface area (Å²) in [4.78, 5) is 4.51. The van der Waals surface area contributed by atoms with Crippen molar-refractivity contribution in [2.24, 2.45) is 0 Å². The van der Waals surface area contributed by atoms with Crippen molar-refractivity contribution in [1.29, 1.82) is 0 Å². The Labute approximate surface area is 147 Å². The van der Waals surface area contributed by atoms with Gasteiger partial charge in [0.05, 0.1) is 11.4 Å². The van der Waals surface area contributed by atoms with Crippen LogP contribution in [0.15, 0.2) is 69.9 Å². The summed E-state index contributed by atoms with van der Waals surface area (Å²) in [6.07, 6.45) is 4.74. The minimum absolute atomic E-state index is 0.936. The van der Waals surface area contributed by atoms with E-state index in [0.29, 0.717) is 0 Å². The van der Waals surface area contributed by atoms with Crippen molar-refractivity contribution >= 4 is 33.3 Å². The van der Waals surface area contributed by atoms with E-state index in [-0.39, 0.29) is 0 Å². The van der Waals surface area contributed by atoms with Crippen LogP contribution in [-0.2, 0) is 0 Å². The van der Waals surface area contributed by atoms with E-state index in [4.69, 9.17) is 8.83 Å². The number of para-hydroxylation sites is 2. The second-order valence-corrected chi connectivity index (χ2v) is 6.43. The Kier molecular flexibility index (Phi) is 4.10. The van der Waals surface area contributed by atoms with Gasteiger partial charge in [-0.15, -0.1) is 0 Å². The van der Waals surface area contributed by atoms with Crippen molar-refractivity contribution in [2.75, 3.05) is 37.0 Å². The minimum Gasteiger partial charge on any atom is -0.462 e. The minimum atomic E-state index is 0.936. The Morgan fingerprint density at radius 3 is 1.60 bits per heavy atom. The quantitative estimate of drug-likeness (QED) is 0.489. The Hall–Kier alpha value is -2.88. The Bertz CT molecular complexity index is 906. The highest BCUT2D eigenvalue weighted by Crippen LogP contribution is 2.29. The first-order valence-corrected chi connectivity index (χ1v) is 8.59. The van der Waals surface area contributed by atoms with Gasteiger partial charge in [0, 0.05) is 38.0 Å². The van der Waals surface area contributed by atoms with Gasteiger partial charge in [0.2, 0.25) is 0 Å². The van der Waals surface area contributed by atoms with E-state index in [0.717, 1.165) is 42.1 Å². The van der Waals surface area contributed by atoms with Crippen molar-refractivity contribution in [2.45, 2.75) is 6.42 Å². The smallest absolute Gasteiger partial charge is 0.136 e. The molecule has 0 spiro atoms. The average Bonchev–Trinajstić information content (AvgIpc) is 3.26. The molecule has 0 N–H and O–H groups in total. The molecule has 0 saturated heterocycles. The van der Waals surface area contributed by atoms with Gasteiger partial charge < -0.3 is 18.6 Å². The van der Waals surface area contributed by atoms with Crippen LogP contribution in [-0.4, -0.2) is 27.2 Å². The maximum atomic E-state index is 5.64. The van der Waals surface area contributed by atoms with E-state index in [2.05, 4.69) is 36.0 Å². The lowest BCUT2D eigenvalue weighted by atomic mass is 10.2. The maximum absolute atomic E-state index is 5.64. The Morgan fingerprint density at radius 1 is 0.680 bits per heavy atom. The van der Waals surface area contributed by atoms with E-state index in [9.17, 15) is 0 Å². The van der Waals surface area contributed by atoms with Gasteiger partial charge in [0.15, 0.2) is 0 Å². The molecule has 128 valence electrons. The van der Waals surface area contributed by atoms with Crippen LogP contribution in [0.25, 0.3) is 21.9 Å². The van der Waals surface area contributed by atoms with Crippen LogP contribution in [0, 0.1) is 0 Å². The number of hydrogen-bond donors (Lipinski definition) is 0. The Balaban J connectivity index is 1.40. The lowest BCUT2D eigenvalue weighted by Crippen LogP contribution is -2.25. The van der Waals surface area contributed by atoms with Crippen LogP contribution in [0.1, 0.15) is 6.42 Å². The highest BCUT2D eigenvalue weighted by atomic mass is 16.3. The topological polar surface area (TPSA) is 32.8 Å². The van der Waals surface area contributed by atoms with Crippen LogP contribution >= 0.6 is 0 Å². The first kappa shape index (κ1) is 15.6. The second kappa shape index (κ2) is 6.55. The molecule has 0 unspecified atom stereocenters. The maximum Gasteiger partial charge on any atom is 0.136 e. The van der Waals surface area contributed by atoms with Gasteiger partial charge in [-0.05, 0) is 30.7 Å². The molecular weight excluding hydrogens is 312 g/mol. The SMILES string of the molecule is CN(CCCN(C)c1coc2ccccc12)c1coc2ccccc12. The summed E-state index contributed by atoms with van der Waals surface area (Å²) in [5.74, 6) is 0. The van der Waals surface area contributed by atoms with Gasteiger partial charge >= 0.3 is 0 Å². The molecule has 4 nitrogen and oxygen atoms in total. The normalized spacial score (nSPS) is 11.3. The third kappa shape index (κ3) is 2.95. The number of furan rings is 2. The number of rotatable bonds is 6. The van der Waals surface area contributed by atoms with Gasteiger partial charge in [-0.25, -0.2) is 0 Å². The molecule has 0 bridgehead atoms. The van der Waals surface area contributed by atoms with Crippen LogP contribution in [0.4, 0.5) is 11.4 Å². The molecule has 0 amide bonds. The molecule has 4 rings (SSSR count). The molecule has 25 heavy (non-hydrogen) atoms. The highest BCUT2D eigenvalue weighted by Gasteiger charge is 2.12. The fourth-order valence-electron chi connectivity index (χ4n) is 3.30. The van der Waals surface area contributed by atoms with E-state index < -0.39 is 0 Å². The summed E-state index contributed by atoms with van der Waals surface area (Å²) in [7, 11) is 4.23. The van der Waals surface area contributed by atoms with Crippen molar-refractivity contribution < 1.29 is 8.83 Å². The van der Waals surface area contributed by atoms with E-state index in [1.165, 1.54) is 10.8 Å². The number of fused-ring (bicyclic) bond motifs is 2. The van der Waals surface area contributed by atoms with Crippen molar-refractivity contribution in [3.8, 4) is 0 Å². The molecule has 2 aromatic carbocycles. The second-order valence-electron chi connectivity index (χ2n) is 6.43. The largest absolute Gasteiger partial charge is 0.462 e. The van der Waals surface area contributed by atoms with Gasteiger partial charge in [0.25, 0.3) is 0 Å². The average molecular weight is 334 g/mol. The molecule has 2 aromatic heterocycles. The van der Waals surface area contributed by atoms with Crippen LogP contribution in [0.3, 0.4) is 0 Å². The number of benzene rings is 2. The number of nitrogens with zero attached hydrogens (tertiary/aromatic N) is 2. The summed E-state index contributed by atoms with van der Waals surface area (Å²) in [5, 5.41) is 2.33. The van der Waals surface area contributed by atoms with Crippen molar-refractivity contribution in [3.05, 3.63) is 61.1 Å². The molecule has 0 aliphatic heterocycles. The molecule has 4 aromatic rings. The first-order chi connectivity index (χ1) is 12.2. The van der Waals surface area contributed by atoms with E-state index in [1.54, 1.807) is 0 Å². The predicted molar refractivity (Wildman–Crippen MR) is 104 cm³/mol. The lowest BCUT2D eigenvalue weighted by molar-refractivity contribution is 0.612. The van der Waals surface area contributed by atoms with Crippen molar-refractivity contribution in [3.63, 3.8) is 0 Å². The van der Waals surface area contributed by atoms with E-state index in [1.807, 2.05) is 48.9 Å². The summed E-state index contributed by atoms with van der Waals surface area (Å²) >= 11 is 0. The zero-order valence-corrected chi connectivity index (χ0v) is 14.6. The molecule has 0 fully saturated rings. The first-order valence-electron chi connectivity index (χ1n) is 8.59. The Morgan fingerprint density at radius 2 is 1.12 bits per heavy atom. The standard InChI is InChI=1S/C21H22N2O2/c1-22(18-14-24-20-10-5-3-8-16(18)20)12-7-13-23(2)19-15-25-21-11-6-4-9-17(19)21/h3-6,8-11,14-15H,7,12-13H2,1-2H3. The molecule has 0 saturated carbocycles. The van der Waals surface area contributed by atoms with E-state index >= 15 is 0 Å². The number of anilines is 2. The molecule has 2 heterocycles. The summed E-state index contributed by atoms with van der Waals surface area (Å²) in [6, 6.07) is 16.3. The third-order valence-corrected chi connectivity index (χ3v) is 4.73. The van der Waals surface area contributed by atoms with Crippen molar-refractivity contribution in [1.82, 2.24) is 0 Å². The molecular formula is C21H22N2O2. The zero-order valence-electron chi connectivity index (χ0n) is 14.6. The van der Waals surface area contributed by atoms with Gasteiger partial charge in [-0.3, -0.25) is 0 Å². The molecule has 0 aliphatic rings. The fraction of sp³-hybridized carbons (Fsp3) is 0.238. The summed E-state index contributed by atoms with van der Waals surface area (Å²) < 4.78 is 11.3. The van der Waals surface area contributed by atoms with Gasteiger partial charge in [-0.2, -0.15) is 0 Å². The van der Waals surface area contributed by atoms with Crippen LogP contribution < -0.4 is 9.80 Å². The van der Waals surface area contributed by atoms with Gasteiger partial charge in [0.1, 0.15) is 23.7 Å². The molecule has 0 radical (unpaired) electrons. The predicted octanol–water partition coefficient (Wildman–Crippen LogP) is 5.14.